The zero-order chi connectivity index (χ0) is 13.7. The summed E-state index contributed by atoms with van der Waals surface area (Å²) in [5, 5.41) is 4.05. The van der Waals surface area contributed by atoms with Crippen molar-refractivity contribution in [1.82, 2.24) is 10.3 Å². The molecule has 4 heteroatoms. The largest absolute Gasteiger partial charge is 0.306 e. The second-order valence-electron chi connectivity index (χ2n) is 4.35. The van der Waals surface area contributed by atoms with Crippen LogP contribution in [0.4, 0.5) is 4.39 Å². The molecule has 0 saturated heterocycles. The molecule has 1 heterocycles. The highest BCUT2D eigenvalue weighted by atomic mass is 35.5. The summed E-state index contributed by atoms with van der Waals surface area (Å²) in [6, 6.07) is 8.94. The standard InChI is InChI=1S/C15H16ClFN2/c1-2-7-19-15(11-8-12(17)10-18-9-11)13-5-3-4-6-14(13)16/h3-6,8-10,15,19H,2,7H2,1H3. The van der Waals surface area contributed by atoms with Gasteiger partial charge < -0.3 is 5.32 Å². The van der Waals surface area contributed by atoms with Gasteiger partial charge in [-0.1, -0.05) is 36.7 Å². The molecule has 0 aliphatic rings. The predicted octanol–water partition coefficient (Wildman–Crippen LogP) is 3.96. The van der Waals surface area contributed by atoms with Gasteiger partial charge in [0.15, 0.2) is 0 Å². The second-order valence-corrected chi connectivity index (χ2v) is 4.75. The van der Waals surface area contributed by atoms with Gasteiger partial charge in [-0.25, -0.2) is 4.39 Å². The third-order valence-corrected chi connectivity index (χ3v) is 3.22. The lowest BCUT2D eigenvalue weighted by Gasteiger charge is -2.20. The summed E-state index contributed by atoms with van der Waals surface area (Å²) >= 11 is 6.23. The van der Waals surface area contributed by atoms with Crippen molar-refractivity contribution < 1.29 is 4.39 Å². The molecule has 1 aromatic carbocycles. The Balaban J connectivity index is 2.38. The Morgan fingerprint density at radius 1 is 1.32 bits per heavy atom. The number of pyridine rings is 1. The quantitative estimate of drug-likeness (QED) is 0.895. The van der Waals surface area contributed by atoms with E-state index < -0.39 is 0 Å². The van der Waals surface area contributed by atoms with Crippen LogP contribution in [0.3, 0.4) is 0 Å². The van der Waals surface area contributed by atoms with E-state index in [1.165, 1.54) is 12.3 Å². The first-order valence-electron chi connectivity index (χ1n) is 6.30. The predicted molar refractivity (Wildman–Crippen MR) is 75.8 cm³/mol. The Hall–Kier alpha value is -1.45. The fraction of sp³-hybridized carbons (Fsp3) is 0.267. The van der Waals surface area contributed by atoms with Crippen molar-refractivity contribution in [2.45, 2.75) is 19.4 Å². The fourth-order valence-electron chi connectivity index (χ4n) is 1.99. The summed E-state index contributed by atoms with van der Waals surface area (Å²) < 4.78 is 13.3. The molecule has 19 heavy (non-hydrogen) atoms. The van der Waals surface area contributed by atoms with Gasteiger partial charge in [0.05, 0.1) is 12.2 Å². The topological polar surface area (TPSA) is 24.9 Å². The van der Waals surface area contributed by atoms with E-state index in [0.29, 0.717) is 5.02 Å². The van der Waals surface area contributed by atoms with Crippen molar-refractivity contribution in [1.29, 1.82) is 0 Å². The van der Waals surface area contributed by atoms with Gasteiger partial charge in [0.25, 0.3) is 0 Å². The maximum atomic E-state index is 13.3. The van der Waals surface area contributed by atoms with E-state index in [-0.39, 0.29) is 11.9 Å². The molecule has 2 rings (SSSR count). The van der Waals surface area contributed by atoms with Crippen molar-refractivity contribution >= 4 is 11.6 Å². The molecule has 0 aliphatic carbocycles. The highest BCUT2D eigenvalue weighted by molar-refractivity contribution is 6.31. The highest BCUT2D eigenvalue weighted by Crippen LogP contribution is 2.28. The zero-order valence-corrected chi connectivity index (χ0v) is 11.5. The molecule has 1 N–H and O–H groups in total. The number of halogens is 2. The van der Waals surface area contributed by atoms with Gasteiger partial charge in [-0.2, -0.15) is 0 Å². The van der Waals surface area contributed by atoms with Crippen molar-refractivity contribution in [2.75, 3.05) is 6.54 Å². The number of nitrogens with zero attached hydrogens (tertiary/aromatic N) is 1. The Labute approximate surface area is 117 Å². The third-order valence-electron chi connectivity index (χ3n) is 2.87. The van der Waals surface area contributed by atoms with Crippen LogP contribution in [0.15, 0.2) is 42.7 Å². The first-order valence-corrected chi connectivity index (χ1v) is 6.68. The molecule has 1 atom stereocenters. The fourth-order valence-corrected chi connectivity index (χ4v) is 2.24. The van der Waals surface area contributed by atoms with Crippen molar-refractivity contribution in [3.8, 4) is 0 Å². The molecule has 0 saturated carbocycles. The number of hydrogen-bond acceptors (Lipinski definition) is 2. The Morgan fingerprint density at radius 3 is 2.79 bits per heavy atom. The minimum atomic E-state index is -0.340. The van der Waals surface area contributed by atoms with Gasteiger partial charge in [0.2, 0.25) is 0 Å². The summed E-state index contributed by atoms with van der Waals surface area (Å²) in [5.41, 5.74) is 1.71. The van der Waals surface area contributed by atoms with Crippen LogP contribution in [0.2, 0.25) is 5.02 Å². The number of nitrogens with one attached hydrogen (secondary N) is 1. The minimum Gasteiger partial charge on any atom is -0.306 e. The summed E-state index contributed by atoms with van der Waals surface area (Å²) in [4.78, 5) is 3.91. The molecular formula is C15H16ClFN2. The average Bonchev–Trinajstić information content (AvgIpc) is 2.41. The summed E-state index contributed by atoms with van der Waals surface area (Å²) in [5.74, 6) is -0.340. The zero-order valence-electron chi connectivity index (χ0n) is 10.7. The van der Waals surface area contributed by atoms with Gasteiger partial charge in [-0.15, -0.1) is 0 Å². The molecule has 2 nitrogen and oxygen atoms in total. The van der Waals surface area contributed by atoms with E-state index in [0.717, 1.165) is 24.1 Å². The molecule has 0 aliphatic heterocycles. The Kier molecular flexibility index (Phi) is 4.88. The number of benzene rings is 1. The molecule has 1 aromatic heterocycles. The van der Waals surface area contributed by atoms with Crippen LogP contribution in [0.25, 0.3) is 0 Å². The molecule has 0 fully saturated rings. The van der Waals surface area contributed by atoms with E-state index in [1.54, 1.807) is 6.20 Å². The van der Waals surface area contributed by atoms with Crippen molar-refractivity contribution in [3.63, 3.8) is 0 Å². The molecule has 100 valence electrons. The third kappa shape index (κ3) is 3.52. The van der Waals surface area contributed by atoms with Gasteiger partial charge in [-0.05, 0) is 36.2 Å². The normalized spacial score (nSPS) is 12.4. The molecule has 0 amide bonds. The lowest BCUT2D eigenvalue weighted by Crippen LogP contribution is -2.23. The number of hydrogen-bond donors (Lipinski definition) is 1. The van der Waals surface area contributed by atoms with Crippen LogP contribution in [0.1, 0.15) is 30.5 Å². The van der Waals surface area contributed by atoms with E-state index >= 15 is 0 Å². The first kappa shape index (κ1) is 14.0. The monoisotopic (exact) mass is 278 g/mol. The van der Waals surface area contributed by atoms with Crippen LogP contribution in [-0.4, -0.2) is 11.5 Å². The smallest absolute Gasteiger partial charge is 0.141 e. The minimum absolute atomic E-state index is 0.142. The molecule has 0 radical (unpaired) electrons. The SMILES string of the molecule is CCCNC(c1cncc(F)c1)c1ccccc1Cl. The van der Waals surface area contributed by atoms with Gasteiger partial charge in [-0.3, -0.25) is 4.98 Å². The first-order chi connectivity index (χ1) is 9.22. The van der Waals surface area contributed by atoms with E-state index in [1.807, 2.05) is 24.3 Å². The Bertz CT molecular complexity index is 545. The molecular weight excluding hydrogens is 263 g/mol. The average molecular weight is 279 g/mol. The van der Waals surface area contributed by atoms with Crippen molar-refractivity contribution in [3.05, 3.63) is 64.7 Å². The maximum Gasteiger partial charge on any atom is 0.141 e. The van der Waals surface area contributed by atoms with Crippen LogP contribution < -0.4 is 5.32 Å². The molecule has 0 spiro atoms. The van der Waals surface area contributed by atoms with E-state index in [4.69, 9.17) is 11.6 Å². The van der Waals surface area contributed by atoms with Crippen LogP contribution in [0.5, 0.6) is 0 Å². The van der Waals surface area contributed by atoms with Crippen molar-refractivity contribution in [2.24, 2.45) is 0 Å². The highest BCUT2D eigenvalue weighted by Gasteiger charge is 2.16. The second kappa shape index (κ2) is 6.64. The van der Waals surface area contributed by atoms with Gasteiger partial charge >= 0.3 is 0 Å². The van der Waals surface area contributed by atoms with Gasteiger partial charge in [0.1, 0.15) is 5.82 Å². The number of aromatic nitrogens is 1. The molecule has 0 bridgehead atoms. The molecule has 1 unspecified atom stereocenters. The van der Waals surface area contributed by atoms with Crippen LogP contribution in [0, 0.1) is 5.82 Å². The maximum absolute atomic E-state index is 13.3. The lowest BCUT2D eigenvalue weighted by molar-refractivity contribution is 0.580. The van der Waals surface area contributed by atoms with E-state index in [9.17, 15) is 4.39 Å². The van der Waals surface area contributed by atoms with Gasteiger partial charge in [0, 0.05) is 11.2 Å². The Morgan fingerprint density at radius 2 is 2.11 bits per heavy atom. The summed E-state index contributed by atoms with van der Waals surface area (Å²) in [6.07, 6.45) is 3.86. The van der Waals surface area contributed by atoms with E-state index in [2.05, 4.69) is 17.2 Å². The van der Waals surface area contributed by atoms with Crippen LogP contribution >= 0.6 is 11.6 Å². The molecule has 2 aromatic rings. The summed E-state index contributed by atoms with van der Waals surface area (Å²) in [6.45, 7) is 2.91. The number of rotatable bonds is 5. The summed E-state index contributed by atoms with van der Waals surface area (Å²) in [7, 11) is 0. The lowest BCUT2D eigenvalue weighted by atomic mass is 10.00. The van der Waals surface area contributed by atoms with Crippen LogP contribution in [-0.2, 0) is 0 Å².